The van der Waals surface area contributed by atoms with Gasteiger partial charge in [0.25, 0.3) is 0 Å². The molecule has 0 saturated carbocycles. The van der Waals surface area contributed by atoms with Crippen LogP contribution in [0, 0.1) is 5.82 Å². The summed E-state index contributed by atoms with van der Waals surface area (Å²) < 4.78 is 23.2. The van der Waals surface area contributed by atoms with E-state index in [-0.39, 0.29) is 5.82 Å². The zero-order valence-corrected chi connectivity index (χ0v) is 13.2. The van der Waals surface area contributed by atoms with Gasteiger partial charge in [-0.1, -0.05) is 12.1 Å². The van der Waals surface area contributed by atoms with Gasteiger partial charge in [0, 0.05) is 26.6 Å². The number of methoxy groups -OCH3 is 1. The minimum absolute atomic E-state index is 0.243. The standard InChI is InChI=1S/C17H22FN3O2/c1-22-12-10-20-17(19-9-8-16-3-2-11-23-16)21-13-14-4-6-15(18)7-5-14/h2-7,11H,8-10,12-13H2,1H3,(H2,19,20,21). The van der Waals surface area contributed by atoms with Gasteiger partial charge in [-0.3, -0.25) is 0 Å². The van der Waals surface area contributed by atoms with Crippen LogP contribution in [-0.4, -0.2) is 32.8 Å². The van der Waals surface area contributed by atoms with Gasteiger partial charge >= 0.3 is 0 Å². The van der Waals surface area contributed by atoms with E-state index in [9.17, 15) is 4.39 Å². The first-order chi connectivity index (χ1) is 11.3. The Labute approximate surface area is 135 Å². The molecule has 0 unspecified atom stereocenters. The molecule has 2 aromatic rings. The van der Waals surface area contributed by atoms with Gasteiger partial charge in [0.15, 0.2) is 5.96 Å². The second-order valence-electron chi connectivity index (χ2n) is 4.97. The molecule has 0 fully saturated rings. The zero-order chi connectivity index (χ0) is 16.3. The Morgan fingerprint density at radius 1 is 1.17 bits per heavy atom. The van der Waals surface area contributed by atoms with Gasteiger partial charge in [-0.25, -0.2) is 9.38 Å². The highest BCUT2D eigenvalue weighted by molar-refractivity contribution is 5.79. The maximum atomic E-state index is 12.9. The largest absolute Gasteiger partial charge is 0.469 e. The van der Waals surface area contributed by atoms with Crippen molar-refractivity contribution in [3.05, 3.63) is 59.8 Å². The summed E-state index contributed by atoms with van der Waals surface area (Å²) in [5.74, 6) is 1.37. The second kappa shape index (κ2) is 9.63. The van der Waals surface area contributed by atoms with Crippen molar-refractivity contribution in [3.63, 3.8) is 0 Å². The first kappa shape index (κ1) is 17.0. The van der Waals surface area contributed by atoms with Crippen molar-refractivity contribution in [1.29, 1.82) is 0 Å². The van der Waals surface area contributed by atoms with E-state index < -0.39 is 0 Å². The van der Waals surface area contributed by atoms with Crippen molar-refractivity contribution in [2.75, 3.05) is 26.8 Å². The number of aliphatic imine (C=N–C) groups is 1. The summed E-state index contributed by atoms with van der Waals surface area (Å²) in [4.78, 5) is 4.50. The molecule has 0 saturated heterocycles. The van der Waals surface area contributed by atoms with Crippen LogP contribution in [0.3, 0.4) is 0 Å². The lowest BCUT2D eigenvalue weighted by atomic mass is 10.2. The average molecular weight is 319 g/mol. The fourth-order valence-electron chi connectivity index (χ4n) is 1.96. The third-order valence-electron chi connectivity index (χ3n) is 3.18. The molecule has 0 radical (unpaired) electrons. The third kappa shape index (κ3) is 6.52. The van der Waals surface area contributed by atoms with Crippen LogP contribution in [0.15, 0.2) is 52.1 Å². The predicted molar refractivity (Wildman–Crippen MR) is 87.8 cm³/mol. The summed E-state index contributed by atoms with van der Waals surface area (Å²) in [6.07, 6.45) is 2.43. The molecule has 2 rings (SSSR count). The number of benzene rings is 1. The van der Waals surface area contributed by atoms with Crippen LogP contribution in [0.4, 0.5) is 4.39 Å². The summed E-state index contributed by atoms with van der Waals surface area (Å²) in [6.45, 7) is 2.43. The van der Waals surface area contributed by atoms with Crippen LogP contribution in [0.1, 0.15) is 11.3 Å². The fourth-order valence-corrected chi connectivity index (χ4v) is 1.96. The van der Waals surface area contributed by atoms with E-state index in [4.69, 9.17) is 9.15 Å². The molecule has 0 bridgehead atoms. The number of guanidine groups is 1. The van der Waals surface area contributed by atoms with Crippen LogP contribution >= 0.6 is 0 Å². The molecule has 0 aliphatic carbocycles. The quantitative estimate of drug-likeness (QED) is 0.445. The average Bonchev–Trinajstić information content (AvgIpc) is 3.07. The monoisotopic (exact) mass is 319 g/mol. The first-order valence-corrected chi connectivity index (χ1v) is 7.56. The maximum Gasteiger partial charge on any atom is 0.191 e. The Hall–Kier alpha value is -2.34. The topological polar surface area (TPSA) is 58.8 Å². The minimum Gasteiger partial charge on any atom is -0.469 e. The number of rotatable bonds is 8. The minimum atomic E-state index is -0.243. The Morgan fingerprint density at radius 2 is 1.96 bits per heavy atom. The number of nitrogens with zero attached hydrogens (tertiary/aromatic N) is 1. The molecule has 0 aliphatic heterocycles. The van der Waals surface area contributed by atoms with Crippen molar-refractivity contribution in [3.8, 4) is 0 Å². The second-order valence-corrected chi connectivity index (χ2v) is 4.97. The Bertz CT molecular complexity index is 582. The molecule has 1 aromatic heterocycles. The molecule has 124 valence electrons. The van der Waals surface area contributed by atoms with Crippen molar-refractivity contribution in [2.45, 2.75) is 13.0 Å². The van der Waals surface area contributed by atoms with Crippen molar-refractivity contribution in [1.82, 2.24) is 10.6 Å². The number of ether oxygens (including phenoxy) is 1. The summed E-state index contributed by atoms with van der Waals surface area (Å²) >= 11 is 0. The molecule has 0 amide bonds. The van der Waals surface area contributed by atoms with Crippen molar-refractivity contribution < 1.29 is 13.5 Å². The van der Waals surface area contributed by atoms with E-state index in [0.29, 0.717) is 32.2 Å². The van der Waals surface area contributed by atoms with Gasteiger partial charge in [-0.05, 0) is 29.8 Å². The van der Waals surface area contributed by atoms with Crippen LogP contribution in [0.25, 0.3) is 0 Å². The zero-order valence-electron chi connectivity index (χ0n) is 13.2. The maximum absolute atomic E-state index is 12.9. The van der Waals surface area contributed by atoms with E-state index in [1.807, 2.05) is 12.1 Å². The molecule has 1 heterocycles. The highest BCUT2D eigenvalue weighted by Gasteiger charge is 2.01. The van der Waals surface area contributed by atoms with Crippen LogP contribution in [0.5, 0.6) is 0 Å². The van der Waals surface area contributed by atoms with Gasteiger partial charge < -0.3 is 19.8 Å². The van der Waals surface area contributed by atoms with E-state index >= 15 is 0 Å². The molecule has 23 heavy (non-hydrogen) atoms. The smallest absolute Gasteiger partial charge is 0.191 e. The molecular weight excluding hydrogens is 297 g/mol. The number of hydrogen-bond acceptors (Lipinski definition) is 3. The Kier molecular flexibility index (Phi) is 7.13. The molecule has 5 nitrogen and oxygen atoms in total. The normalized spacial score (nSPS) is 11.5. The first-order valence-electron chi connectivity index (χ1n) is 7.56. The number of halogens is 1. The Balaban J connectivity index is 1.86. The summed E-state index contributed by atoms with van der Waals surface area (Å²) in [5, 5.41) is 6.44. The molecule has 1 aromatic carbocycles. The lowest BCUT2D eigenvalue weighted by molar-refractivity contribution is 0.203. The van der Waals surface area contributed by atoms with E-state index in [0.717, 1.165) is 17.7 Å². The molecule has 6 heteroatoms. The highest BCUT2D eigenvalue weighted by Crippen LogP contribution is 2.04. The fraction of sp³-hybridized carbons (Fsp3) is 0.353. The predicted octanol–water partition coefficient (Wildman–Crippen LogP) is 2.34. The molecule has 2 N–H and O–H groups in total. The van der Waals surface area contributed by atoms with E-state index in [1.54, 1.807) is 25.5 Å². The summed E-state index contributed by atoms with van der Waals surface area (Å²) in [7, 11) is 1.65. The SMILES string of the molecule is COCCNC(=NCc1ccc(F)cc1)NCCc1ccco1. The number of furan rings is 1. The number of nitrogens with one attached hydrogen (secondary N) is 2. The highest BCUT2D eigenvalue weighted by atomic mass is 19.1. The van der Waals surface area contributed by atoms with Gasteiger partial charge in [0.05, 0.1) is 19.4 Å². The lowest BCUT2D eigenvalue weighted by Crippen LogP contribution is -2.40. The lowest BCUT2D eigenvalue weighted by Gasteiger charge is -2.12. The number of hydrogen-bond donors (Lipinski definition) is 2. The molecule has 0 atom stereocenters. The summed E-state index contributed by atoms with van der Waals surface area (Å²) in [6, 6.07) is 10.1. The van der Waals surface area contributed by atoms with Crippen molar-refractivity contribution in [2.24, 2.45) is 4.99 Å². The van der Waals surface area contributed by atoms with E-state index in [2.05, 4.69) is 15.6 Å². The Morgan fingerprint density at radius 3 is 2.65 bits per heavy atom. The third-order valence-corrected chi connectivity index (χ3v) is 3.18. The molecule has 0 aliphatic rings. The van der Waals surface area contributed by atoms with E-state index in [1.165, 1.54) is 12.1 Å². The van der Waals surface area contributed by atoms with Crippen LogP contribution in [0.2, 0.25) is 0 Å². The van der Waals surface area contributed by atoms with Crippen LogP contribution in [-0.2, 0) is 17.7 Å². The van der Waals surface area contributed by atoms with Gasteiger partial charge in [0.2, 0.25) is 0 Å². The van der Waals surface area contributed by atoms with Crippen LogP contribution < -0.4 is 10.6 Å². The molecular formula is C17H22FN3O2. The summed E-state index contributed by atoms with van der Waals surface area (Å²) in [5.41, 5.74) is 0.949. The van der Waals surface area contributed by atoms with Gasteiger partial charge in [-0.15, -0.1) is 0 Å². The van der Waals surface area contributed by atoms with Gasteiger partial charge in [-0.2, -0.15) is 0 Å². The molecule has 0 spiro atoms. The van der Waals surface area contributed by atoms with Crippen molar-refractivity contribution >= 4 is 5.96 Å². The van der Waals surface area contributed by atoms with Gasteiger partial charge in [0.1, 0.15) is 11.6 Å².